The highest BCUT2D eigenvalue weighted by molar-refractivity contribution is 4.96. The monoisotopic (exact) mass is 138 g/mol. The van der Waals surface area contributed by atoms with E-state index in [2.05, 4.69) is 0 Å². The van der Waals surface area contributed by atoms with Gasteiger partial charge in [0.05, 0.1) is 12.7 Å². The third-order valence-electron chi connectivity index (χ3n) is 3.63. The van der Waals surface area contributed by atoms with Crippen molar-refractivity contribution in [3.05, 3.63) is 0 Å². The number of ether oxygens (including phenoxy) is 1. The Kier molecular flexibility index (Phi) is 0.984. The van der Waals surface area contributed by atoms with Crippen LogP contribution in [0.15, 0.2) is 0 Å². The van der Waals surface area contributed by atoms with Crippen molar-refractivity contribution in [3.8, 4) is 0 Å². The lowest BCUT2D eigenvalue weighted by atomic mass is 9.87. The van der Waals surface area contributed by atoms with E-state index in [-0.39, 0.29) is 0 Å². The fourth-order valence-electron chi connectivity index (χ4n) is 3.05. The van der Waals surface area contributed by atoms with Crippen LogP contribution < -0.4 is 0 Å². The van der Waals surface area contributed by atoms with E-state index in [0.717, 1.165) is 24.4 Å². The molecule has 3 rings (SSSR count). The topological polar surface area (TPSA) is 12.5 Å². The Morgan fingerprint density at radius 2 is 2.00 bits per heavy atom. The van der Waals surface area contributed by atoms with Gasteiger partial charge in [-0.05, 0) is 37.0 Å². The zero-order valence-electron chi connectivity index (χ0n) is 6.25. The average molecular weight is 138 g/mol. The Hall–Kier alpha value is -0.0400. The van der Waals surface area contributed by atoms with Gasteiger partial charge in [-0.2, -0.15) is 0 Å². The maximum atomic E-state index is 5.35. The summed E-state index contributed by atoms with van der Waals surface area (Å²) >= 11 is 0. The summed E-state index contributed by atoms with van der Waals surface area (Å²) in [6.45, 7) is 1.08. The molecule has 1 heterocycles. The number of fused-ring (bicyclic) bond motifs is 2. The lowest BCUT2D eigenvalue weighted by Crippen LogP contribution is -2.15. The van der Waals surface area contributed by atoms with Gasteiger partial charge < -0.3 is 4.74 Å². The SMILES string of the molecule is C1OC1C1C[C@H]2CC[C@@H]1C2. The van der Waals surface area contributed by atoms with Crippen molar-refractivity contribution in [1.29, 1.82) is 0 Å². The zero-order chi connectivity index (χ0) is 6.55. The lowest BCUT2D eigenvalue weighted by molar-refractivity contribution is 0.249. The summed E-state index contributed by atoms with van der Waals surface area (Å²) in [5.74, 6) is 3.15. The Labute approximate surface area is 61.8 Å². The van der Waals surface area contributed by atoms with E-state index >= 15 is 0 Å². The van der Waals surface area contributed by atoms with Crippen molar-refractivity contribution in [2.24, 2.45) is 17.8 Å². The molecule has 10 heavy (non-hydrogen) atoms. The molecule has 2 unspecified atom stereocenters. The fraction of sp³-hybridized carbons (Fsp3) is 1.00. The second-order valence-electron chi connectivity index (χ2n) is 4.21. The Bertz CT molecular complexity index is 151. The van der Waals surface area contributed by atoms with Gasteiger partial charge in [0.25, 0.3) is 0 Å². The van der Waals surface area contributed by atoms with Gasteiger partial charge in [0, 0.05) is 0 Å². The van der Waals surface area contributed by atoms with Crippen LogP contribution in [0.2, 0.25) is 0 Å². The van der Waals surface area contributed by atoms with Gasteiger partial charge in [-0.3, -0.25) is 0 Å². The van der Waals surface area contributed by atoms with Crippen LogP contribution in [-0.2, 0) is 4.74 Å². The van der Waals surface area contributed by atoms with Gasteiger partial charge in [0.2, 0.25) is 0 Å². The maximum Gasteiger partial charge on any atom is 0.0840 e. The van der Waals surface area contributed by atoms with Crippen LogP contribution in [-0.4, -0.2) is 12.7 Å². The van der Waals surface area contributed by atoms with Gasteiger partial charge in [-0.15, -0.1) is 0 Å². The third-order valence-corrected chi connectivity index (χ3v) is 3.63. The normalized spacial score (nSPS) is 57.6. The van der Waals surface area contributed by atoms with E-state index in [1.54, 1.807) is 0 Å². The standard InChI is InChI=1S/C9H14O/c1-2-7-3-6(1)4-8(7)9-5-10-9/h6-9H,1-5H2/t6-,7+,8?,9?/m0/s1. The zero-order valence-corrected chi connectivity index (χ0v) is 6.25. The molecule has 0 aromatic carbocycles. The predicted molar refractivity (Wildman–Crippen MR) is 38.7 cm³/mol. The minimum Gasteiger partial charge on any atom is -0.373 e. The summed E-state index contributed by atoms with van der Waals surface area (Å²) in [6, 6.07) is 0. The maximum absolute atomic E-state index is 5.35. The molecule has 3 aliphatic rings. The molecule has 0 radical (unpaired) electrons. The van der Waals surface area contributed by atoms with E-state index in [0.29, 0.717) is 6.10 Å². The molecular formula is C9H14O. The van der Waals surface area contributed by atoms with Crippen LogP contribution in [0.3, 0.4) is 0 Å². The van der Waals surface area contributed by atoms with Crippen LogP contribution >= 0.6 is 0 Å². The minimum atomic E-state index is 0.704. The second kappa shape index (κ2) is 1.76. The molecule has 1 nitrogen and oxygen atoms in total. The summed E-state index contributed by atoms with van der Waals surface area (Å²) in [6.07, 6.45) is 6.76. The summed E-state index contributed by atoms with van der Waals surface area (Å²) < 4.78 is 5.35. The fourth-order valence-corrected chi connectivity index (χ4v) is 3.05. The van der Waals surface area contributed by atoms with E-state index < -0.39 is 0 Å². The highest BCUT2D eigenvalue weighted by Gasteiger charge is 2.47. The number of rotatable bonds is 1. The molecule has 56 valence electrons. The quantitative estimate of drug-likeness (QED) is 0.503. The smallest absolute Gasteiger partial charge is 0.0840 e. The second-order valence-corrected chi connectivity index (χ2v) is 4.21. The summed E-state index contributed by atoms with van der Waals surface area (Å²) in [7, 11) is 0. The van der Waals surface area contributed by atoms with Gasteiger partial charge in [0.1, 0.15) is 0 Å². The van der Waals surface area contributed by atoms with Crippen LogP contribution in [0.5, 0.6) is 0 Å². The lowest BCUT2D eigenvalue weighted by Gasteiger charge is -2.18. The first-order chi connectivity index (χ1) is 4.93. The van der Waals surface area contributed by atoms with Crippen molar-refractivity contribution in [2.75, 3.05) is 6.61 Å². The summed E-state index contributed by atoms with van der Waals surface area (Å²) in [5, 5.41) is 0. The molecule has 1 saturated heterocycles. The highest BCUT2D eigenvalue weighted by Crippen LogP contribution is 2.51. The molecule has 2 bridgehead atoms. The minimum absolute atomic E-state index is 0.704. The van der Waals surface area contributed by atoms with Crippen LogP contribution in [0.1, 0.15) is 25.7 Å². The molecule has 0 N–H and O–H groups in total. The van der Waals surface area contributed by atoms with Gasteiger partial charge in [-0.25, -0.2) is 0 Å². The van der Waals surface area contributed by atoms with Gasteiger partial charge >= 0.3 is 0 Å². The van der Waals surface area contributed by atoms with Crippen molar-refractivity contribution in [2.45, 2.75) is 31.8 Å². The largest absolute Gasteiger partial charge is 0.373 e. The molecule has 0 aromatic rings. The number of epoxide rings is 1. The molecule has 2 saturated carbocycles. The highest BCUT2D eigenvalue weighted by atomic mass is 16.6. The summed E-state index contributed by atoms with van der Waals surface area (Å²) in [4.78, 5) is 0. The molecule has 0 spiro atoms. The molecule has 0 aromatic heterocycles. The molecular weight excluding hydrogens is 124 g/mol. The first-order valence-corrected chi connectivity index (χ1v) is 4.55. The molecule has 1 heteroatoms. The van der Waals surface area contributed by atoms with Crippen molar-refractivity contribution in [1.82, 2.24) is 0 Å². The molecule has 0 amide bonds. The van der Waals surface area contributed by atoms with E-state index in [1.165, 1.54) is 25.7 Å². The van der Waals surface area contributed by atoms with Crippen LogP contribution in [0.4, 0.5) is 0 Å². The van der Waals surface area contributed by atoms with Crippen molar-refractivity contribution in [3.63, 3.8) is 0 Å². The van der Waals surface area contributed by atoms with Crippen molar-refractivity contribution >= 4 is 0 Å². The Balaban J connectivity index is 1.77. The predicted octanol–water partition coefficient (Wildman–Crippen LogP) is 1.82. The average Bonchev–Trinajstić information content (AvgIpc) is 2.60. The molecule has 2 aliphatic carbocycles. The third kappa shape index (κ3) is 0.672. The van der Waals surface area contributed by atoms with Gasteiger partial charge in [0.15, 0.2) is 0 Å². The van der Waals surface area contributed by atoms with E-state index in [9.17, 15) is 0 Å². The van der Waals surface area contributed by atoms with Crippen LogP contribution in [0, 0.1) is 17.8 Å². The van der Waals surface area contributed by atoms with Gasteiger partial charge in [-0.1, -0.05) is 6.42 Å². The first-order valence-electron chi connectivity index (χ1n) is 4.55. The van der Waals surface area contributed by atoms with E-state index in [1.807, 2.05) is 0 Å². The Morgan fingerprint density at radius 1 is 1.10 bits per heavy atom. The number of hydrogen-bond acceptors (Lipinski definition) is 1. The first kappa shape index (κ1) is 5.59. The molecule has 4 atom stereocenters. The van der Waals surface area contributed by atoms with Crippen molar-refractivity contribution < 1.29 is 4.74 Å². The van der Waals surface area contributed by atoms with E-state index in [4.69, 9.17) is 4.74 Å². The molecule has 1 aliphatic heterocycles. The molecule has 3 fully saturated rings. The number of hydrogen-bond donors (Lipinski definition) is 0. The van der Waals surface area contributed by atoms with Crippen LogP contribution in [0.25, 0.3) is 0 Å². The Morgan fingerprint density at radius 3 is 2.50 bits per heavy atom. The summed E-state index contributed by atoms with van der Waals surface area (Å²) in [5.41, 5.74) is 0.